The van der Waals surface area contributed by atoms with Crippen LogP contribution in [0.3, 0.4) is 0 Å². The molecule has 0 unspecified atom stereocenters. The lowest BCUT2D eigenvalue weighted by atomic mass is 10.2. The van der Waals surface area contributed by atoms with Crippen molar-refractivity contribution in [2.45, 2.75) is 5.88 Å². The molecule has 0 saturated carbocycles. The van der Waals surface area contributed by atoms with Gasteiger partial charge in [-0.1, -0.05) is 18.2 Å². The normalized spacial score (nSPS) is 9.95. The summed E-state index contributed by atoms with van der Waals surface area (Å²) in [4.78, 5) is 10.6. The van der Waals surface area contributed by atoms with Crippen molar-refractivity contribution in [2.24, 2.45) is 0 Å². The fourth-order valence-corrected chi connectivity index (χ4v) is 2.65. The van der Waals surface area contributed by atoms with E-state index in [1.54, 1.807) is 18.2 Å². The molecule has 0 spiro atoms. The van der Waals surface area contributed by atoms with Gasteiger partial charge in [0.25, 0.3) is 0 Å². The highest BCUT2D eigenvalue weighted by molar-refractivity contribution is 14.1. The Hall–Kier alpha value is -1.85. The monoisotopic (exact) mass is 414 g/mol. The lowest BCUT2D eigenvalue weighted by molar-refractivity contribution is -0.385. The average Bonchev–Trinajstić information content (AvgIpc) is 2.49. The van der Waals surface area contributed by atoms with Crippen LogP contribution in [-0.4, -0.2) is 4.92 Å². The maximum atomic E-state index is 11.2. The number of halogens is 2. The summed E-state index contributed by atoms with van der Waals surface area (Å²) in [6, 6.07) is 11.7. The third kappa shape index (κ3) is 3.43. The van der Waals surface area contributed by atoms with E-state index in [0.717, 1.165) is 5.56 Å². The van der Waals surface area contributed by atoms with Crippen LogP contribution in [0.1, 0.15) is 11.1 Å². The van der Waals surface area contributed by atoms with Crippen molar-refractivity contribution in [3.63, 3.8) is 0 Å². The number of para-hydroxylation sites is 1. The van der Waals surface area contributed by atoms with Crippen LogP contribution >= 0.6 is 34.2 Å². The van der Waals surface area contributed by atoms with Gasteiger partial charge in [0.05, 0.1) is 26.0 Å². The molecule has 0 atom stereocenters. The Morgan fingerprint density at radius 1 is 1.38 bits per heavy atom. The summed E-state index contributed by atoms with van der Waals surface area (Å²) in [6.07, 6.45) is 0. The molecule has 0 fully saturated rings. The molecule has 0 saturated heterocycles. The van der Waals surface area contributed by atoms with Crippen LogP contribution in [0.25, 0.3) is 0 Å². The Morgan fingerprint density at radius 2 is 2.10 bits per heavy atom. The second-order valence-electron chi connectivity index (χ2n) is 4.02. The molecular weight excluding hydrogens is 407 g/mol. The minimum atomic E-state index is -0.568. The maximum Gasteiger partial charge on any atom is 0.314 e. The number of alkyl halides is 1. The van der Waals surface area contributed by atoms with Gasteiger partial charge in [-0.05, 0) is 34.7 Å². The van der Waals surface area contributed by atoms with Gasteiger partial charge in [-0.2, -0.15) is 5.26 Å². The SMILES string of the molecule is N#Cc1cc(I)c(Oc2ccccc2CCl)c([N+](=O)[O-])c1. The number of hydrogen-bond donors (Lipinski definition) is 0. The quantitative estimate of drug-likeness (QED) is 0.317. The first-order valence-corrected chi connectivity index (χ1v) is 7.38. The predicted molar refractivity (Wildman–Crippen MR) is 86.6 cm³/mol. The Morgan fingerprint density at radius 3 is 2.71 bits per heavy atom. The first kappa shape index (κ1) is 15.5. The van der Waals surface area contributed by atoms with Crippen LogP contribution in [0, 0.1) is 25.0 Å². The summed E-state index contributed by atoms with van der Waals surface area (Å²) >= 11 is 7.73. The van der Waals surface area contributed by atoms with E-state index in [-0.39, 0.29) is 22.9 Å². The second kappa shape index (κ2) is 6.74. The number of hydrogen-bond acceptors (Lipinski definition) is 4. The van der Waals surface area contributed by atoms with E-state index in [9.17, 15) is 10.1 Å². The molecule has 5 nitrogen and oxygen atoms in total. The van der Waals surface area contributed by atoms with Gasteiger partial charge in [-0.25, -0.2) is 0 Å². The van der Waals surface area contributed by atoms with E-state index in [0.29, 0.717) is 9.32 Å². The fraction of sp³-hybridized carbons (Fsp3) is 0.0714. The van der Waals surface area contributed by atoms with Crippen LogP contribution in [0.4, 0.5) is 5.69 Å². The van der Waals surface area contributed by atoms with Gasteiger partial charge in [0.1, 0.15) is 5.75 Å². The van der Waals surface area contributed by atoms with Crippen LogP contribution in [0.5, 0.6) is 11.5 Å². The van der Waals surface area contributed by atoms with Gasteiger partial charge in [0.15, 0.2) is 0 Å². The van der Waals surface area contributed by atoms with Crippen molar-refractivity contribution in [1.29, 1.82) is 5.26 Å². The van der Waals surface area contributed by atoms with Gasteiger partial charge >= 0.3 is 5.69 Å². The summed E-state index contributed by atoms with van der Waals surface area (Å²) in [5.74, 6) is 0.798. The smallest absolute Gasteiger partial charge is 0.314 e. The number of benzene rings is 2. The Kier molecular flexibility index (Phi) is 4.98. The maximum absolute atomic E-state index is 11.2. The minimum absolute atomic E-state index is 0.108. The average molecular weight is 415 g/mol. The molecule has 0 amide bonds. The number of nitriles is 1. The van der Waals surface area contributed by atoms with Gasteiger partial charge < -0.3 is 4.74 Å². The summed E-state index contributed by atoms with van der Waals surface area (Å²) < 4.78 is 6.17. The largest absolute Gasteiger partial charge is 0.449 e. The van der Waals surface area contributed by atoms with E-state index in [1.165, 1.54) is 12.1 Å². The van der Waals surface area contributed by atoms with Crippen molar-refractivity contribution >= 4 is 39.9 Å². The molecular formula is C14H8ClIN2O3. The Labute approximate surface area is 139 Å². The number of ether oxygens (including phenoxy) is 1. The van der Waals surface area contributed by atoms with Crippen molar-refractivity contribution in [2.75, 3.05) is 0 Å². The Bertz CT molecular complexity index is 743. The van der Waals surface area contributed by atoms with E-state index < -0.39 is 4.92 Å². The molecule has 0 aliphatic rings. The number of nitro groups is 1. The van der Waals surface area contributed by atoms with Crippen molar-refractivity contribution in [3.8, 4) is 17.6 Å². The van der Waals surface area contributed by atoms with E-state index in [4.69, 9.17) is 21.6 Å². The van der Waals surface area contributed by atoms with Crippen molar-refractivity contribution in [3.05, 3.63) is 61.2 Å². The molecule has 2 rings (SSSR count). The molecule has 0 aliphatic heterocycles. The van der Waals surface area contributed by atoms with E-state index in [1.807, 2.05) is 34.7 Å². The second-order valence-corrected chi connectivity index (χ2v) is 5.45. The van der Waals surface area contributed by atoms with Gasteiger partial charge in [-0.3, -0.25) is 10.1 Å². The van der Waals surface area contributed by atoms with E-state index in [2.05, 4.69) is 0 Å². The summed E-state index contributed by atoms with van der Waals surface area (Å²) in [5.41, 5.74) is 0.695. The number of nitrogens with zero attached hydrogens (tertiary/aromatic N) is 2. The standard InChI is InChI=1S/C14H8ClIN2O3/c15-7-10-3-1-2-4-13(10)21-14-11(16)5-9(8-17)6-12(14)18(19)20/h1-6H,7H2. The van der Waals surface area contributed by atoms with Crippen molar-refractivity contribution in [1.82, 2.24) is 0 Å². The lowest BCUT2D eigenvalue weighted by Gasteiger charge is -2.11. The summed E-state index contributed by atoms with van der Waals surface area (Å²) in [7, 11) is 0. The molecule has 0 N–H and O–H groups in total. The van der Waals surface area contributed by atoms with Crippen LogP contribution in [0.15, 0.2) is 36.4 Å². The molecule has 0 aliphatic carbocycles. The number of rotatable bonds is 4. The third-order valence-corrected chi connectivity index (χ3v) is 3.77. The molecule has 0 heterocycles. The first-order valence-electron chi connectivity index (χ1n) is 5.76. The van der Waals surface area contributed by atoms with Crippen LogP contribution < -0.4 is 4.74 Å². The molecule has 0 aromatic heterocycles. The highest BCUT2D eigenvalue weighted by Crippen LogP contribution is 2.38. The van der Waals surface area contributed by atoms with Gasteiger partial charge in [0.2, 0.25) is 5.75 Å². The highest BCUT2D eigenvalue weighted by Gasteiger charge is 2.21. The molecule has 2 aromatic carbocycles. The van der Waals surface area contributed by atoms with Gasteiger partial charge in [-0.15, -0.1) is 11.6 Å². The summed E-state index contributed by atoms with van der Waals surface area (Å²) in [6.45, 7) is 0. The fourth-order valence-electron chi connectivity index (χ4n) is 1.70. The molecule has 0 radical (unpaired) electrons. The number of nitro benzene ring substituents is 1. The zero-order valence-electron chi connectivity index (χ0n) is 10.5. The predicted octanol–water partition coefficient (Wildman–Crippen LogP) is 4.60. The zero-order chi connectivity index (χ0) is 15.4. The minimum Gasteiger partial charge on any atom is -0.449 e. The zero-order valence-corrected chi connectivity index (χ0v) is 13.5. The Balaban J connectivity index is 2.54. The molecule has 21 heavy (non-hydrogen) atoms. The molecule has 7 heteroatoms. The molecule has 0 bridgehead atoms. The molecule has 106 valence electrons. The molecule has 2 aromatic rings. The highest BCUT2D eigenvalue weighted by atomic mass is 127. The van der Waals surface area contributed by atoms with Crippen molar-refractivity contribution < 1.29 is 9.66 Å². The van der Waals surface area contributed by atoms with Crippen LogP contribution in [0.2, 0.25) is 0 Å². The lowest BCUT2D eigenvalue weighted by Crippen LogP contribution is -1.98. The van der Waals surface area contributed by atoms with E-state index >= 15 is 0 Å². The summed E-state index contributed by atoms with van der Waals surface area (Å²) in [5, 5.41) is 20.1. The van der Waals surface area contributed by atoms with Crippen LogP contribution in [-0.2, 0) is 5.88 Å². The third-order valence-electron chi connectivity index (χ3n) is 2.68. The van der Waals surface area contributed by atoms with Gasteiger partial charge in [0, 0.05) is 11.6 Å². The topological polar surface area (TPSA) is 76.2 Å². The first-order chi connectivity index (χ1) is 10.1.